The van der Waals surface area contributed by atoms with E-state index < -0.39 is 0 Å². The standard InChI is InChI=1S/C19H26ClN3O2/c20-17-12-15(22-18(24)7-4-14-8-9-21-13-14)5-6-16(17)19(25)23-10-2-1-3-11-23/h5-6,12,14,21H,1-4,7-11,13H2,(H,22,24). The summed E-state index contributed by atoms with van der Waals surface area (Å²) >= 11 is 6.30. The van der Waals surface area contributed by atoms with Crippen LogP contribution in [0.5, 0.6) is 0 Å². The number of benzene rings is 1. The minimum Gasteiger partial charge on any atom is -0.339 e. The monoisotopic (exact) mass is 363 g/mol. The summed E-state index contributed by atoms with van der Waals surface area (Å²) in [6, 6.07) is 5.15. The zero-order valence-electron chi connectivity index (χ0n) is 14.5. The van der Waals surface area contributed by atoms with E-state index in [0.717, 1.165) is 51.9 Å². The lowest BCUT2D eigenvalue weighted by Gasteiger charge is -2.27. The van der Waals surface area contributed by atoms with Gasteiger partial charge in [-0.25, -0.2) is 0 Å². The number of amides is 2. The van der Waals surface area contributed by atoms with Crippen molar-refractivity contribution in [2.45, 2.75) is 38.5 Å². The van der Waals surface area contributed by atoms with Crippen molar-refractivity contribution in [1.82, 2.24) is 10.2 Å². The summed E-state index contributed by atoms with van der Waals surface area (Å²) < 4.78 is 0. The summed E-state index contributed by atoms with van der Waals surface area (Å²) in [7, 11) is 0. The number of anilines is 1. The highest BCUT2D eigenvalue weighted by Gasteiger charge is 2.21. The number of hydrogen-bond donors (Lipinski definition) is 2. The van der Waals surface area contributed by atoms with Gasteiger partial charge in [-0.15, -0.1) is 0 Å². The van der Waals surface area contributed by atoms with Gasteiger partial charge < -0.3 is 15.5 Å². The lowest BCUT2D eigenvalue weighted by molar-refractivity contribution is -0.116. The molecule has 1 aromatic rings. The summed E-state index contributed by atoms with van der Waals surface area (Å²) in [5, 5.41) is 6.59. The summed E-state index contributed by atoms with van der Waals surface area (Å²) in [4.78, 5) is 26.5. The van der Waals surface area contributed by atoms with Gasteiger partial charge in [-0.3, -0.25) is 9.59 Å². The summed E-state index contributed by atoms with van der Waals surface area (Å²) in [6.45, 7) is 3.65. The number of nitrogens with zero attached hydrogens (tertiary/aromatic N) is 1. The van der Waals surface area contributed by atoms with Gasteiger partial charge in [0, 0.05) is 25.2 Å². The van der Waals surface area contributed by atoms with Gasteiger partial charge in [0.05, 0.1) is 10.6 Å². The van der Waals surface area contributed by atoms with Crippen molar-refractivity contribution < 1.29 is 9.59 Å². The van der Waals surface area contributed by atoms with E-state index in [0.29, 0.717) is 28.6 Å². The van der Waals surface area contributed by atoms with Gasteiger partial charge >= 0.3 is 0 Å². The molecule has 2 amide bonds. The topological polar surface area (TPSA) is 61.4 Å². The predicted molar refractivity (Wildman–Crippen MR) is 100 cm³/mol. The molecule has 2 saturated heterocycles. The average molecular weight is 364 g/mol. The summed E-state index contributed by atoms with van der Waals surface area (Å²) in [5.74, 6) is 0.577. The van der Waals surface area contributed by atoms with Crippen LogP contribution in [0.15, 0.2) is 18.2 Å². The number of nitrogens with one attached hydrogen (secondary N) is 2. The number of carbonyl (C=O) groups excluding carboxylic acids is 2. The maximum atomic E-state index is 12.6. The highest BCUT2D eigenvalue weighted by Crippen LogP contribution is 2.24. The van der Waals surface area contributed by atoms with Crippen LogP contribution in [0, 0.1) is 5.92 Å². The molecule has 0 radical (unpaired) electrons. The summed E-state index contributed by atoms with van der Waals surface area (Å²) in [6.07, 6.45) is 5.84. The molecule has 0 aromatic heterocycles. The highest BCUT2D eigenvalue weighted by atomic mass is 35.5. The maximum Gasteiger partial charge on any atom is 0.255 e. The van der Waals surface area contributed by atoms with Crippen molar-refractivity contribution in [3.8, 4) is 0 Å². The molecule has 0 saturated carbocycles. The number of hydrogen-bond acceptors (Lipinski definition) is 3. The van der Waals surface area contributed by atoms with Crippen LogP contribution in [-0.4, -0.2) is 42.9 Å². The van der Waals surface area contributed by atoms with Gasteiger partial charge in [0.1, 0.15) is 0 Å². The third kappa shape index (κ3) is 4.95. The third-order valence-electron chi connectivity index (χ3n) is 5.07. The van der Waals surface area contributed by atoms with Gasteiger partial charge in [-0.2, -0.15) is 0 Å². The molecule has 1 aromatic carbocycles. The Bertz CT molecular complexity index is 623. The molecule has 2 aliphatic heterocycles. The van der Waals surface area contributed by atoms with E-state index in [9.17, 15) is 9.59 Å². The molecule has 2 fully saturated rings. The van der Waals surface area contributed by atoms with Crippen molar-refractivity contribution in [2.75, 3.05) is 31.5 Å². The fourth-order valence-corrected chi connectivity index (χ4v) is 3.81. The number of halogens is 1. The third-order valence-corrected chi connectivity index (χ3v) is 5.38. The second-order valence-corrected chi connectivity index (χ2v) is 7.40. The Balaban J connectivity index is 1.55. The molecule has 2 aliphatic rings. The van der Waals surface area contributed by atoms with Crippen LogP contribution in [0.3, 0.4) is 0 Å². The highest BCUT2D eigenvalue weighted by molar-refractivity contribution is 6.34. The molecule has 2 N–H and O–H groups in total. The quantitative estimate of drug-likeness (QED) is 0.843. The van der Waals surface area contributed by atoms with Crippen molar-refractivity contribution >= 4 is 29.1 Å². The van der Waals surface area contributed by atoms with Crippen molar-refractivity contribution in [3.63, 3.8) is 0 Å². The van der Waals surface area contributed by atoms with E-state index in [4.69, 9.17) is 11.6 Å². The predicted octanol–water partition coefficient (Wildman–Crippen LogP) is 3.29. The first kappa shape index (κ1) is 18.2. The van der Waals surface area contributed by atoms with Gasteiger partial charge in [0.15, 0.2) is 0 Å². The summed E-state index contributed by atoms with van der Waals surface area (Å²) in [5.41, 5.74) is 1.16. The zero-order valence-corrected chi connectivity index (χ0v) is 15.3. The molecule has 0 aliphatic carbocycles. The number of rotatable bonds is 5. The molecule has 1 atom stereocenters. The zero-order chi connectivity index (χ0) is 17.6. The fourth-order valence-electron chi connectivity index (χ4n) is 3.55. The Hall–Kier alpha value is -1.59. The second-order valence-electron chi connectivity index (χ2n) is 6.99. The van der Waals surface area contributed by atoms with E-state index in [1.54, 1.807) is 18.2 Å². The molecular formula is C19H26ClN3O2. The van der Waals surface area contributed by atoms with E-state index in [-0.39, 0.29) is 11.8 Å². The van der Waals surface area contributed by atoms with Crippen LogP contribution in [0.25, 0.3) is 0 Å². The SMILES string of the molecule is O=C(CCC1CCNC1)Nc1ccc(C(=O)N2CCCCC2)c(Cl)c1. The van der Waals surface area contributed by atoms with E-state index >= 15 is 0 Å². The Kier molecular flexibility index (Phi) is 6.32. The smallest absolute Gasteiger partial charge is 0.255 e. The van der Waals surface area contributed by atoms with Gasteiger partial charge in [0.25, 0.3) is 5.91 Å². The lowest BCUT2D eigenvalue weighted by Crippen LogP contribution is -2.35. The van der Waals surface area contributed by atoms with Crippen LogP contribution < -0.4 is 10.6 Å². The second kappa shape index (κ2) is 8.68. The van der Waals surface area contributed by atoms with Crippen molar-refractivity contribution in [3.05, 3.63) is 28.8 Å². The normalized spacial score (nSPS) is 20.5. The lowest BCUT2D eigenvalue weighted by atomic mass is 10.0. The van der Waals surface area contributed by atoms with Crippen LogP contribution in [0.2, 0.25) is 5.02 Å². The van der Waals surface area contributed by atoms with E-state index in [1.807, 2.05) is 4.90 Å². The maximum absolute atomic E-state index is 12.6. The number of piperidine rings is 1. The molecule has 136 valence electrons. The Morgan fingerprint density at radius 2 is 2.04 bits per heavy atom. The van der Waals surface area contributed by atoms with Crippen molar-refractivity contribution in [2.24, 2.45) is 5.92 Å². The molecule has 5 nitrogen and oxygen atoms in total. The Morgan fingerprint density at radius 1 is 1.24 bits per heavy atom. The molecule has 6 heteroatoms. The van der Waals surface area contributed by atoms with Crippen LogP contribution in [0.4, 0.5) is 5.69 Å². The molecule has 3 rings (SSSR count). The minimum absolute atomic E-state index is 0.00178. The molecule has 0 bridgehead atoms. The molecular weight excluding hydrogens is 338 g/mol. The van der Waals surface area contributed by atoms with Crippen LogP contribution in [0.1, 0.15) is 48.9 Å². The first-order valence-corrected chi connectivity index (χ1v) is 9.60. The minimum atomic E-state index is -0.0173. The van der Waals surface area contributed by atoms with Gasteiger partial charge in [-0.1, -0.05) is 11.6 Å². The van der Waals surface area contributed by atoms with Gasteiger partial charge in [0.2, 0.25) is 5.91 Å². The largest absolute Gasteiger partial charge is 0.339 e. The van der Waals surface area contributed by atoms with Gasteiger partial charge in [-0.05, 0) is 69.3 Å². The van der Waals surface area contributed by atoms with Crippen molar-refractivity contribution in [1.29, 1.82) is 0 Å². The number of carbonyl (C=O) groups is 2. The van der Waals surface area contributed by atoms with E-state index in [1.165, 1.54) is 6.42 Å². The van der Waals surface area contributed by atoms with E-state index in [2.05, 4.69) is 10.6 Å². The first-order chi connectivity index (χ1) is 12.1. The first-order valence-electron chi connectivity index (χ1n) is 9.23. The number of likely N-dealkylation sites (tertiary alicyclic amines) is 1. The van der Waals surface area contributed by atoms with Crippen LogP contribution in [-0.2, 0) is 4.79 Å². The fraction of sp³-hybridized carbons (Fsp3) is 0.579. The average Bonchev–Trinajstić information content (AvgIpc) is 3.14. The van der Waals surface area contributed by atoms with Crippen LogP contribution >= 0.6 is 11.6 Å². The molecule has 2 heterocycles. The molecule has 25 heavy (non-hydrogen) atoms. The Morgan fingerprint density at radius 3 is 2.72 bits per heavy atom. The molecule has 0 spiro atoms. The Labute approximate surface area is 154 Å². The molecule has 1 unspecified atom stereocenters.